The van der Waals surface area contributed by atoms with Crippen LogP contribution in [-0.4, -0.2) is 45.0 Å². The molecule has 0 bridgehead atoms. The summed E-state index contributed by atoms with van der Waals surface area (Å²) in [6, 6.07) is 12.0. The Hall–Kier alpha value is -3.25. The van der Waals surface area contributed by atoms with Crippen LogP contribution in [0.3, 0.4) is 0 Å². The van der Waals surface area contributed by atoms with Crippen LogP contribution in [0.2, 0.25) is 5.02 Å². The van der Waals surface area contributed by atoms with Gasteiger partial charge in [-0.1, -0.05) is 11.6 Å². The minimum absolute atomic E-state index is 0.0646. The van der Waals surface area contributed by atoms with Crippen LogP contribution in [-0.2, 0) is 11.2 Å². The number of halogens is 1. The normalized spacial score (nSPS) is 18.7. The predicted octanol–water partition coefficient (Wildman–Crippen LogP) is 4.92. The quantitative estimate of drug-likeness (QED) is 0.469. The predicted molar refractivity (Wildman–Crippen MR) is 124 cm³/mol. The number of nitrogens with zero attached hydrogens (tertiary/aromatic N) is 2. The molecule has 32 heavy (non-hydrogen) atoms. The van der Waals surface area contributed by atoms with E-state index < -0.39 is 6.10 Å². The van der Waals surface area contributed by atoms with Crippen molar-refractivity contribution in [3.63, 3.8) is 0 Å². The van der Waals surface area contributed by atoms with Crippen LogP contribution in [0, 0.1) is 0 Å². The molecule has 0 spiro atoms. The van der Waals surface area contributed by atoms with Crippen molar-refractivity contribution in [1.82, 2.24) is 19.9 Å². The maximum atomic E-state index is 13.3. The molecule has 2 N–H and O–H groups in total. The molecular weight excluding hydrogens is 424 g/mol. The average molecular weight is 447 g/mol. The number of amides is 1. The largest absolute Gasteiger partial charge is 0.479 e. The van der Waals surface area contributed by atoms with E-state index in [1.165, 1.54) is 5.69 Å². The summed E-state index contributed by atoms with van der Waals surface area (Å²) in [7, 11) is 0. The van der Waals surface area contributed by atoms with Crippen molar-refractivity contribution >= 4 is 28.5 Å². The Balaban J connectivity index is 1.24. The van der Waals surface area contributed by atoms with Crippen molar-refractivity contribution in [2.75, 3.05) is 13.1 Å². The van der Waals surface area contributed by atoms with Crippen molar-refractivity contribution in [1.29, 1.82) is 0 Å². The summed E-state index contributed by atoms with van der Waals surface area (Å²) in [5, 5.41) is 1.64. The second-order valence-electron chi connectivity index (χ2n) is 8.58. The average Bonchev–Trinajstić information content (AvgIpc) is 3.58. The first-order valence-electron chi connectivity index (χ1n) is 11.0. The Bertz CT molecular complexity index is 1290. The second kappa shape index (κ2) is 7.71. The number of pyridine rings is 1. The molecule has 1 fully saturated rings. The first kappa shape index (κ1) is 19.4. The molecule has 0 saturated carbocycles. The number of piperidine rings is 1. The van der Waals surface area contributed by atoms with Crippen LogP contribution in [0.15, 0.2) is 55.0 Å². The van der Waals surface area contributed by atoms with Gasteiger partial charge in [0.05, 0.1) is 0 Å². The molecule has 1 saturated heterocycles. The summed E-state index contributed by atoms with van der Waals surface area (Å²) < 4.78 is 6.30. The fraction of sp³-hybridized carbons (Fsp3) is 0.280. The summed E-state index contributed by atoms with van der Waals surface area (Å²) in [4.78, 5) is 26.1. The Kier molecular flexibility index (Phi) is 4.68. The fourth-order valence-corrected chi connectivity index (χ4v) is 5.31. The Morgan fingerprint density at radius 2 is 1.97 bits per heavy atom. The highest BCUT2D eigenvalue weighted by atomic mass is 35.5. The van der Waals surface area contributed by atoms with Gasteiger partial charge in [-0.3, -0.25) is 4.79 Å². The van der Waals surface area contributed by atoms with Crippen LogP contribution in [0.4, 0.5) is 0 Å². The molecule has 4 aromatic rings. The van der Waals surface area contributed by atoms with Gasteiger partial charge in [-0.05, 0) is 54.8 Å². The van der Waals surface area contributed by atoms with E-state index >= 15 is 0 Å². The molecule has 1 aromatic carbocycles. The van der Waals surface area contributed by atoms with E-state index in [1.807, 2.05) is 47.6 Å². The maximum absolute atomic E-state index is 13.3. The van der Waals surface area contributed by atoms with Crippen molar-refractivity contribution in [3.8, 4) is 16.9 Å². The first-order valence-corrected chi connectivity index (χ1v) is 11.4. The summed E-state index contributed by atoms with van der Waals surface area (Å²) in [5.41, 5.74) is 4.95. The molecule has 2 aliphatic rings. The summed E-state index contributed by atoms with van der Waals surface area (Å²) in [6.07, 6.45) is 7.57. The van der Waals surface area contributed by atoms with Crippen LogP contribution < -0.4 is 4.74 Å². The molecule has 2 aliphatic heterocycles. The van der Waals surface area contributed by atoms with Crippen molar-refractivity contribution in [2.24, 2.45) is 0 Å². The Morgan fingerprint density at radius 3 is 2.78 bits per heavy atom. The van der Waals surface area contributed by atoms with E-state index in [0.29, 0.717) is 17.4 Å². The molecule has 3 aromatic heterocycles. The highest BCUT2D eigenvalue weighted by Crippen LogP contribution is 2.43. The van der Waals surface area contributed by atoms with Crippen molar-refractivity contribution in [2.45, 2.75) is 31.3 Å². The highest BCUT2D eigenvalue weighted by Gasteiger charge is 2.36. The van der Waals surface area contributed by atoms with E-state index in [4.69, 9.17) is 16.3 Å². The number of hydrogen-bond donors (Lipinski definition) is 2. The number of carbonyl (C=O) groups excluding carboxylic acids is 1. The molecule has 1 atom stereocenters. The zero-order chi connectivity index (χ0) is 21.7. The number of nitrogens with one attached hydrogen (secondary N) is 2. The minimum Gasteiger partial charge on any atom is -0.479 e. The molecule has 1 amide bonds. The molecule has 7 heteroatoms. The third-order valence-corrected chi connectivity index (χ3v) is 6.91. The standard InChI is InChI=1S/C25H23ClN4O2/c26-17-12-16-13-22(25(31)30-10-5-15(6-11-30)21-2-1-7-27-21)32-23(16)20(14-17)18-3-8-28-24-19(18)4-9-29-24/h1-4,7-9,12,14-15,22,27H,5-6,10-11,13H2,(H,28,29). The second-order valence-corrected chi connectivity index (χ2v) is 9.01. The molecular formula is C25H23ClN4O2. The van der Waals surface area contributed by atoms with Gasteiger partial charge in [0.15, 0.2) is 6.10 Å². The zero-order valence-electron chi connectivity index (χ0n) is 17.5. The topological polar surface area (TPSA) is 74.0 Å². The first-order chi connectivity index (χ1) is 15.7. The van der Waals surface area contributed by atoms with Crippen molar-refractivity contribution in [3.05, 3.63) is 71.3 Å². The summed E-state index contributed by atoms with van der Waals surface area (Å²) >= 11 is 6.47. The summed E-state index contributed by atoms with van der Waals surface area (Å²) in [6.45, 7) is 1.50. The van der Waals surface area contributed by atoms with Crippen LogP contribution in [0.1, 0.15) is 30.0 Å². The van der Waals surface area contributed by atoms with Crippen molar-refractivity contribution < 1.29 is 9.53 Å². The lowest BCUT2D eigenvalue weighted by Gasteiger charge is -2.33. The number of rotatable bonds is 3. The monoisotopic (exact) mass is 446 g/mol. The molecule has 0 radical (unpaired) electrons. The van der Waals surface area contributed by atoms with Gasteiger partial charge < -0.3 is 19.6 Å². The van der Waals surface area contributed by atoms with Gasteiger partial charge in [0.1, 0.15) is 11.4 Å². The smallest absolute Gasteiger partial charge is 0.263 e. The van der Waals surface area contributed by atoms with Crippen LogP contribution in [0.25, 0.3) is 22.2 Å². The van der Waals surface area contributed by atoms with E-state index in [0.717, 1.165) is 59.4 Å². The van der Waals surface area contributed by atoms with E-state index in [1.54, 1.807) is 6.20 Å². The number of H-pyrrole nitrogens is 2. The van der Waals surface area contributed by atoms with E-state index in [-0.39, 0.29) is 5.91 Å². The molecule has 162 valence electrons. The lowest BCUT2D eigenvalue weighted by molar-refractivity contribution is -0.139. The molecule has 6 rings (SSSR count). The Labute approximate surface area is 190 Å². The highest BCUT2D eigenvalue weighted by molar-refractivity contribution is 6.31. The number of aromatic amines is 2. The fourth-order valence-electron chi connectivity index (χ4n) is 5.07. The van der Waals surface area contributed by atoms with Gasteiger partial charge in [-0.15, -0.1) is 0 Å². The van der Waals surface area contributed by atoms with E-state index in [9.17, 15) is 4.79 Å². The van der Waals surface area contributed by atoms with Crippen LogP contribution >= 0.6 is 11.6 Å². The van der Waals surface area contributed by atoms with Gasteiger partial charge in [0.2, 0.25) is 0 Å². The number of hydrogen-bond acceptors (Lipinski definition) is 3. The van der Waals surface area contributed by atoms with Gasteiger partial charge in [-0.25, -0.2) is 4.98 Å². The minimum atomic E-state index is -0.507. The van der Waals surface area contributed by atoms with Gasteiger partial charge in [-0.2, -0.15) is 0 Å². The number of fused-ring (bicyclic) bond motifs is 2. The molecule has 0 aliphatic carbocycles. The number of benzene rings is 1. The Morgan fingerprint density at radius 1 is 1.09 bits per heavy atom. The van der Waals surface area contributed by atoms with Gasteiger partial charge >= 0.3 is 0 Å². The summed E-state index contributed by atoms with van der Waals surface area (Å²) in [5.74, 6) is 1.30. The van der Waals surface area contributed by atoms with Gasteiger partial charge in [0, 0.05) is 71.2 Å². The lowest BCUT2D eigenvalue weighted by Crippen LogP contribution is -2.45. The SMILES string of the molecule is O=C(C1Cc2cc(Cl)cc(-c3ccnc4[nH]ccc34)c2O1)N1CCC(c2ccc[nH]2)CC1. The zero-order valence-corrected chi connectivity index (χ0v) is 18.2. The number of ether oxygens (including phenoxy) is 1. The van der Waals surface area contributed by atoms with E-state index in [2.05, 4.69) is 21.0 Å². The number of aromatic nitrogens is 3. The number of likely N-dealkylation sites (tertiary alicyclic amines) is 1. The lowest BCUT2D eigenvalue weighted by atomic mass is 9.93. The maximum Gasteiger partial charge on any atom is 0.263 e. The molecule has 6 nitrogen and oxygen atoms in total. The number of carbonyl (C=O) groups is 1. The molecule has 1 unspecified atom stereocenters. The third-order valence-electron chi connectivity index (χ3n) is 6.69. The molecule has 5 heterocycles. The van der Waals surface area contributed by atoms with Gasteiger partial charge in [0.25, 0.3) is 5.91 Å². The third kappa shape index (κ3) is 3.26. The van der Waals surface area contributed by atoms with Crippen LogP contribution in [0.5, 0.6) is 5.75 Å².